The van der Waals surface area contributed by atoms with Crippen molar-refractivity contribution in [2.24, 2.45) is 7.05 Å². The standard InChI is InChI=1S/C25H25N5O3/c1-27-22(12-14-26-27)25(32)28-15-13-21-23(18-28)29(16-17-33-20-10-6-3-7-11-20)30(24(21)31)19-8-4-2-5-9-19/h2-12,14H,13,15-18H2,1H3. The van der Waals surface area contributed by atoms with Crippen LogP contribution in [0.3, 0.4) is 0 Å². The summed E-state index contributed by atoms with van der Waals surface area (Å²) in [5.41, 5.74) is 2.89. The van der Waals surface area contributed by atoms with Gasteiger partial charge in [0, 0.05) is 25.4 Å². The van der Waals surface area contributed by atoms with E-state index in [1.807, 2.05) is 65.3 Å². The van der Waals surface area contributed by atoms with Gasteiger partial charge in [-0.1, -0.05) is 36.4 Å². The van der Waals surface area contributed by atoms with Gasteiger partial charge in [0.1, 0.15) is 18.1 Å². The van der Waals surface area contributed by atoms with E-state index in [1.165, 1.54) is 0 Å². The number of aromatic nitrogens is 4. The summed E-state index contributed by atoms with van der Waals surface area (Å²) in [6.45, 7) is 1.72. The van der Waals surface area contributed by atoms with E-state index in [0.717, 1.165) is 22.7 Å². The number of hydrogen-bond acceptors (Lipinski definition) is 4. The fraction of sp³-hybridized carbons (Fsp3) is 0.240. The Morgan fingerprint density at radius 2 is 1.76 bits per heavy atom. The maximum atomic E-state index is 13.4. The summed E-state index contributed by atoms with van der Waals surface area (Å²) in [6.07, 6.45) is 2.13. The van der Waals surface area contributed by atoms with E-state index >= 15 is 0 Å². The fourth-order valence-electron chi connectivity index (χ4n) is 4.32. The van der Waals surface area contributed by atoms with Gasteiger partial charge in [0.25, 0.3) is 11.5 Å². The van der Waals surface area contributed by atoms with Crippen LogP contribution in [0.1, 0.15) is 21.7 Å². The summed E-state index contributed by atoms with van der Waals surface area (Å²) >= 11 is 0. The number of rotatable bonds is 6. The molecular weight excluding hydrogens is 418 g/mol. The van der Waals surface area contributed by atoms with Gasteiger partial charge in [-0.25, -0.2) is 4.68 Å². The summed E-state index contributed by atoms with van der Waals surface area (Å²) in [5.74, 6) is 0.688. The van der Waals surface area contributed by atoms with Crippen LogP contribution in [0.25, 0.3) is 5.69 Å². The first-order valence-electron chi connectivity index (χ1n) is 11.0. The molecule has 0 bridgehead atoms. The second-order valence-electron chi connectivity index (χ2n) is 7.98. The summed E-state index contributed by atoms with van der Waals surface area (Å²) < 4.78 is 11.2. The molecular formula is C25H25N5O3. The molecule has 8 nitrogen and oxygen atoms in total. The molecule has 0 aliphatic carbocycles. The second-order valence-corrected chi connectivity index (χ2v) is 7.98. The quantitative estimate of drug-likeness (QED) is 0.459. The predicted octanol–water partition coefficient (Wildman–Crippen LogP) is 2.65. The molecule has 0 radical (unpaired) electrons. The Labute approximate surface area is 191 Å². The van der Waals surface area contributed by atoms with Gasteiger partial charge in [0.05, 0.1) is 24.5 Å². The number of hydrogen-bond donors (Lipinski definition) is 0. The molecule has 1 aliphatic heterocycles. The van der Waals surface area contributed by atoms with Gasteiger partial charge in [-0.15, -0.1) is 0 Å². The van der Waals surface area contributed by atoms with Gasteiger partial charge in [-0.05, 0) is 36.8 Å². The molecule has 0 saturated heterocycles. The number of fused-ring (bicyclic) bond motifs is 1. The van der Waals surface area contributed by atoms with Gasteiger partial charge in [0.2, 0.25) is 0 Å². The molecule has 0 atom stereocenters. The van der Waals surface area contributed by atoms with Crippen LogP contribution in [0.2, 0.25) is 0 Å². The fourth-order valence-corrected chi connectivity index (χ4v) is 4.32. The smallest absolute Gasteiger partial charge is 0.274 e. The van der Waals surface area contributed by atoms with E-state index in [0.29, 0.717) is 38.4 Å². The number of carbonyl (C=O) groups is 1. The third-order valence-electron chi connectivity index (χ3n) is 5.97. The van der Waals surface area contributed by atoms with Crippen LogP contribution in [-0.2, 0) is 26.6 Å². The zero-order valence-electron chi connectivity index (χ0n) is 18.4. The predicted molar refractivity (Wildman–Crippen MR) is 124 cm³/mol. The summed E-state index contributed by atoms with van der Waals surface area (Å²) in [6, 6.07) is 20.9. The summed E-state index contributed by atoms with van der Waals surface area (Å²) in [5, 5.41) is 4.11. The van der Waals surface area contributed by atoms with Crippen molar-refractivity contribution in [2.75, 3.05) is 13.2 Å². The first kappa shape index (κ1) is 20.8. The van der Waals surface area contributed by atoms with Crippen molar-refractivity contribution in [1.29, 1.82) is 0 Å². The van der Waals surface area contributed by atoms with Crippen LogP contribution < -0.4 is 10.3 Å². The van der Waals surface area contributed by atoms with Crippen molar-refractivity contribution in [3.8, 4) is 11.4 Å². The molecule has 0 saturated carbocycles. The van der Waals surface area contributed by atoms with Crippen LogP contribution in [0.15, 0.2) is 77.7 Å². The molecule has 2 aromatic heterocycles. The molecule has 1 aliphatic rings. The maximum Gasteiger partial charge on any atom is 0.274 e. The van der Waals surface area contributed by atoms with Gasteiger partial charge in [-0.2, -0.15) is 5.10 Å². The topological polar surface area (TPSA) is 74.3 Å². The number of aryl methyl sites for hydroxylation is 1. The largest absolute Gasteiger partial charge is 0.492 e. The monoisotopic (exact) mass is 443 g/mol. The number of nitrogens with zero attached hydrogens (tertiary/aromatic N) is 5. The van der Waals surface area contributed by atoms with Crippen molar-refractivity contribution in [2.45, 2.75) is 19.5 Å². The van der Waals surface area contributed by atoms with E-state index in [-0.39, 0.29) is 11.5 Å². The Hall–Kier alpha value is -4.07. The van der Waals surface area contributed by atoms with Crippen molar-refractivity contribution in [3.63, 3.8) is 0 Å². The molecule has 168 valence electrons. The lowest BCUT2D eigenvalue weighted by molar-refractivity contribution is 0.0717. The number of ether oxygens (including phenoxy) is 1. The van der Waals surface area contributed by atoms with Gasteiger partial charge < -0.3 is 9.64 Å². The number of benzene rings is 2. The lowest BCUT2D eigenvalue weighted by atomic mass is 10.1. The average Bonchev–Trinajstić information content (AvgIpc) is 3.40. The van der Waals surface area contributed by atoms with Crippen molar-refractivity contribution >= 4 is 5.91 Å². The van der Waals surface area contributed by atoms with E-state index in [2.05, 4.69) is 5.10 Å². The Morgan fingerprint density at radius 3 is 2.45 bits per heavy atom. The average molecular weight is 444 g/mol. The zero-order chi connectivity index (χ0) is 22.8. The van der Waals surface area contributed by atoms with Crippen LogP contribution in [0.4, 0.5) is 0 Å². The normalized spacial score (nSPS) is 13.1. The van der Waals surface area contributed by atoms with E-state index in [9.17, 15) is 9.59 Å². The molecule has 0 spiro atoms. The van der Waals surface area contributed by atoms with E-state index in [1.54, 1.807) is 33.6 Å². The highest BCUT2D eigenvalue weighted by molar-refractivity contribution is 5.92. The minimum absolute atomic E-state index is 0.0384. The number of amides is 1. The summed E-state index contributed by atoms with van der Waals surface area (Å²) in [7, 11) is 1.76. The third-order valence-corrected chi connectivity index (χ3v) is 5.97. The van der Waals surface area contributed by atoms with Crippen LogP contribution >= 0.6 is 0 Å². The maximum absolute atomic E-state index is 13.4. The zero-order valence-corrected chi connectivity index (χ0v) is 18.4. The van der Waals surface area contributed by atoms with Crippen molar-refractivity contribution in [3.05, 3.63) is 100 Å². The van der Waals surface area contributed by atoms with Crippen LogP contribution in [0.5, 0.6) is 5.75 Å². The highest BCUT2D eigenvalue weighted by Crippen LogP contribution is 2.21. The van der Waals surface area contributed by atoms with Gasteiger partial charge in [-0.3, -0.25) is 19.0 Å². The molecule has 4 aromatic rings. The van der Waals surface area contributed by atoms with Gasteiger partial charge >= 0.3 is 0 Å². The molecule has 0 unspecified atom stereocenters. The Morgan fingerprint density at radius 1 is 1.03 bits per heavy atom. The number of para-hydroxylation sites is 2. The van der Waals surface area contributed by atoms with Crippen molar-refractivity contribution < 1.29 is 9.53 Å². The minimum atomic E-state index is -0.0901. The van der Waals surface area contributed by atoms with Crippen LogP contribution in [-0.4, -0.2) is 43.1 Å². The SMILES string of the molecule is Cn1nccc1C(=O)N1CCc2c(n(CCOc3ccccc3)n(-c3ccccc3)c2=O)C1. The molecule has 1 amide bonds. The van der Waals surface area contributed by atoms with Crippen LogP contribution in [0, 0.1) is 0 Å². The van der Waals surface area contributed by atoms with Gasteiger partial charge in [0.15, 0.2) is 0 Å². The van der Waals surface area contributed by atoms with E-state index < -0.39 is 0 Å². The third kappa shape index (κ3) is 3.95. The first-order chi connectivity index (χ1) is 16.1. The van der Waals surface area contributed by atoms with Crippen molar-refractivity contribution in [1.82, 2.24) is 24.0 Å². The molecule has 8 heteroatoms. The molecule has 0 N–H and O–H groups in total. The molecule has 5 rings (SSSR count). The minimum Gasteiger partial charge on any atom is -0.492 e. The second kappa shape index (κ2) is 8.82. The molecule has 2 aromatic carbocycles. The molecule has 33 heavy (non-hydrogen) atoms. The Bertz CT molecular complexity index is 1320. The lowest BCUT2D eigenvalue weighted by Crippen LogP contribution is -2.38. The number of carbonyl (C=O) groups excluding carboxylic acids is 1. The Balaban J connectivity index is 1.49. The Kier molecular flexibility index (Phi) is 5.56. The summed E-state index contributed by atoms with van der Waals surface area (Å²) in [4.78, 5) is 28.3. The van der Waals surface area contributed by atoms with E-state index in [4.69, 9.17) is 4.74 Å². The first-order valence-corrected chi connectivity index (χ1v) is 11.0. The molecule has 3 heterocycles. The highest BCUT2D eigenvalue weighted by Gasteiger charge is 2.30. The molecule has 0 fully saturated rings. The lowest BCUT2D eigenvalue weighted by Gasteiger charge is -2.28. The highest BCUT2D eigenvalue weighted by atomic mass is 16.5.